The molecule has 0 aliphatic rings. The number of para-hydroxylation sites is 1. The van der Waals surface area contributed by atoms with Crippen LogP contribution in [0.1, 0.15) is 27.0 Å². The van der Waals surface area contributed by atoms with Crippen LogP contribution in [0, 0.1) is 6.92 Å². The molecule has 0 unspecified atom stereocenters. The number of anilines is 1. The topological polar surface area (TPSA) is 97.8 Å². The first-order valence-electron chi connectivity index (χ1n) is 11.0. The quantitative estimate of drug-likeness (QED) is 0.330. The van der Waals surface area contributed by atoms with Crippen LogP contribution in [0.4, 0.5) is 5.69 Å². The minimum absolute atomic E-state index is 0.0497. The minimum Gasteiger partial charge on any atom is -0.489 e. The highest BCUT2D eigenvalue weighted by atomic mass is 16.5. The highest BCUT2D eigenvalue weighted by Crippen LogP contribution is 2.24. The van der Waals surface area contributed by atoms with Crippen molar-refractivity contribution in [2.24, 2.45) is 0 Å². The molecular formula is C28H24N2O5. The lowest BCUT2D eigenvalue weighted by molar-refractivity contribution is -0.115. The summed E-state index contributed by atoms with van der Waals surface area (Å²) >= 11 is 0. The van der Waals surface area contributed by atoms with E-state index in [0.717, 1.165) is 11.3 Å². The molecule has 176 valence electrons. The second-order valence-electron chi connectivity index (χ2n) is 7.88. The highest BCUT2D eigenvalue weighted by molar-refractivity contribution is 6.01. The Bertz CT molecular complexity index is 1300. The molecule has 0 radical (unpaired) electrons. The molecule has 35 heavy (non-hydrogen) atoms. The molecule has 0 atom stereocenters. The van der Waals surface area contributed by atoms with Crippen molar-refractivity contribution in [3.8, 4) is 17.4 Å². The van der Waals surface area contributed by atoms with Crippen molar-refractivity contribution in [3.63, 3.8) is 0 Å². The smallest absolute Gasteiger partial charge is 0.337 e. The van der Waals surface area contributed by atoms with Gasteiger partial charge in [-0.2, -0.15) is 0 Å². The fraction of sp³-hybridized carbons (Fsp3) is 0.107. The van der Waals surface area contributed by atoms with E-state index in [0.29, 0.717) is 35.1 Å². The van der Waals surface area contributed by atoms with E-state index in [4.69, 9.17) is 9.47 Å². The van der Waals surface area contributed by atoms with Crippen LogP contribution < -0.4 is 14.8 Å². The molecule has 1 amide bonds. The molecule has 7 heteroatoms. The van der Waals surface area contributed by atoms with E-state index >= 15 is 0 Å². The number of pyridine rings is 1. The number of benzene rings is 3. The Morgan fingerprint density at radius 2 is 1.60 bits per heavy atom. The van der Waals surface area contributed by atoms with Crippen LogP contribution >= 0.6 is 0 Å². The molecule has 1 heterocycles. The van der Waals surface area contributed by atoms with Gasteiger partial charge in [0.25, 0.3) is 0 Å². The number of nitrogens with zero attached hydrogens (tertiary/aromatic N) is 1. The normalized spacial score (nSPS) is 10.4. The number of carbonyl (C=O) groups is 2. The fourth-order valence-corrected chi connectivity index (χ4v) is 3.42. The van der Waals surface area contributed by atoms with Gasteiger partial charge in [0.1, 0.15) is 18.1 Å². The van der Waals surface area contributed by atoms with Crippen molar-refractivity contribution in [1.82, 2.24) is 4.98 Å². The lowest BCUT2D eigenvalue weighted by Gasteiger charge is -2.12. The highest BCUT2D eigenvalue weighted by Gasteiger charge is 2.15. The molecule has 7 nitrogen and oxygen atoms in total. The molecule has 0 saturated heterocycles. The summed E-state index contributed by atoms with van der Waals surface area (Å²) in [5.74, 6) is 0.302. The number of aromatic carboxylic acids is 1. The number of carboxylic acids is 1. The van der Waals surface area contributed by atoms with Crippen LogP contribution in [0.3, 0.4) is 0 Å². The number of nitrogens with one attached hydrogen (secondary N) is 1. The van der Waals surface area contributed by atoms with Gasteiger partial charge in [0.2, 0.25) is 11.8 Å². The third-order valence-corrected chi connectivity index (χ3v) is 5.22. The molecule has 4 rings (SSSR count). The Morgan fingerprint density at radius 1 is 0.857 bits per heavy atom. The summed E-state index contributed by atoms with van der Waals surface area (Å²) in [5.41, 5.74) is 2.79. The number of carboxylic acid groups (broad SMARTS) is 1. The summed E-state index contributed by atoms with van der Waals surface area (Å²) < 4.78 is 11.6. The van der Waals surface area contributed by atoms with Gasteiger partial charge in [0, 0.05) is 12.3 Å². The summed E-state index contributed by atoms with van der Waals surface area (Å²) in [6, 6.07) is 25.4. The summed E-state index contributed by atoms with van der Waals surface area (Å²) in [5, 5.41) is 12.0. The number of carbonyl (C=O) groups excluding carboxylic acids is 1. The Kier molecular flexibility index (Phi) is 7.37. The maximum atomic E-state index is 12.5. The second-order valence-corrected chi connectivity index (χ2v) is 7.88. The van der Waals surface area contributed by atoms with E-state index in [2.05, 4.69) is 10.3 Å². The Morgan fingerprint density at radius 3 is 2.29 bits per heavy atom. The average Bonchev–Trinajstić information content (AvgIpc) is 2.86. The third kappa shape index (κ3) is 6.45. The summed E-state index contributed by atoms with van der Waals surface area (Å²) in [4.78, 5) is 28.2. The molecule has 0 bridgehead atoms. The second kappa shape index (κ2) is 11.0. The lowest BCUT2D eigenvalue weighted by atomic mass is 10.1. The maximum Gasteiger partial charge on any atom is 0.337 e. The molecule has 3 aromatic carbocycles. The van der Waals surface area contributed by atoms with Crippen molar-refractivity contribution in [1.29, 1.82) is 0 Å². The van der Waals surface area contributed by atoms with Crippen molar-refractivity contribution < 1.29 is 24.2 Å². The SMILES string of the molecule is Cc1cccc(C(=O)O)c1NC(=O)Cc1ccc(Oc2ccc(OCc3ccccc3)cc2)nc1. The van der Waals surface area contributed by atoms with Gasteiger partial charge < -0.3 is 19.9 Å². The van der Waals surface area contributed by atoms with E-state index in [9.17, 15) is 14.7 Å². The molecule has 0 aliphatic heterocycles. The molecule has 0 aliphatic carbocycles. The number of rotatable bonds is 9. The first-order valence-corrected chi connectivity index (χ1v) is 11.0. The summed E-state index contributed by atoms with van der Waals surface area (Å²) in [6.07, 6.45) is 1.61. The summed E-state index contributed by atoms with van der Waals surface area (Å²) in [7, 11) is 0. The predicted molar refractivity (Wildman–Crippen MR) is 132 cm³/mol. The van der Waals surface area contributed by atoms with Crippen LogP contribution in [0.15, 0.2) is 91.1 Å². The van der Waals surface area contributed by atoms with Crippen molar-refractivity contribution in [3.05, 3.63) is 113 Å². The molecule has 0 saturated carbocycles. The third-order valence-electron chi connectivity index (χ3n) is 5.22. The number of hydrogen-bond donors (Lipinski definition) is 2. The van der Waals surface area contributed by atoms with Gasteiger partial charge in [-0.15, -0.1) is 0 Å². The van der Waals surface area contributed by atoms with Gasteiger partial charge in [0.05, 0.1) is 17.7 Å². The number of aromatic nitrogens is 1. The van der Waals surface area contributed by atoms with Crippen molar-refractivity contribution >= 4 is 17.6 Å². The predicted octanol–water partition coefficient (Wildman–Crippen LogP) is 5.64. The maximum absolute atomic E-state index is 12.5. The fourth-order valence-electron chi connectivity index (χ4n) is 3.42. The monoisotopic (exact) mass is 468 g/mol. The zero-order valence-corrected chi connectivity index (χ0v) is 19.1. The van der Waals surface area contributed by atoms with E-state index in [1.54, 1.807) is 49.5 Å². The minimum atomic E-state index is -1.09. The number of aryl methyl sites for hydroxylation is 1. The summed E-state index contributed by atoms with van der Waals surface area (Å²) in [6.45, 7) is 2.23. The van der Waals surface area contributed by atoms with Crippen LogP contribution in [-0.2, 0) is 17.8 Å². The van der Waals surface area contributed by atoms with Gasteiger partial charge in [-0.05, 0) is 53.9 Å². The van der Waals surface area contributed by atoms with E-state index in [1.165, 1.54) is 6.07 Å². The average molecular weight is 469 g/mol. The first kappa shape index (κ1) is 23.5. The Balaban J connectivity index is 1.31. The van der Waals surface area contributed by atoms with Gasteiger partial charge in [-0.25, -0.2) is 9.78 Å². The zero-order valence-electron chi connectivity index (χ0n) is 19.1. The van der Waals surface area contributed by atoms with Crippen molar-refractivity contribution in [2.75, 3.05) is 5.32 Å². The molecule has 1 aromatic heterocycles. The van der Waals surface area contributed by atoms with Gasteiger partial charge in [-0.1, -0.05) is 48.5 Å². The van der Waals surface area contributed by atoms with Crippen LogP contribution in [0.25, 0.3) is 0 Å². The van der Waals surface area contributed by atoms with Crippen LogP contribution in [0.5, 0.6) is 17.4 Å². The number of ether oxygens (including phenoxy) is 2. The van der Waals surface area contributed by atoms with Gasteiger partial charge in [-0.3, -0.25) is 4.79 Å². The standard InChI is InChI=1S/C28H24N2O5/c1-19-6-5-9-24(28(32)33)27(19)30-25(31)16-21-10-15-26(29-17-21)35-23-13-11-22(12-14-23)34-18-20-7-3-2-4-8-20/h2-15,17H,16,18H2,1H3,(H,30,31)(H,32,33). The lowest BCUT2D eigenvalue weighted by Crippen LogP contribution is -2.17. The largest absolute Gasteiger partial charge is 0.489 e. The molecule has 4 aromatic rings. The van der Waals surface area contributed by atoms with Crippen molar-refractivity contribution in [2.45, 2.75) is 20.0 Å². The van der Waals surface area contributed by atoms with E-state index < -0.39 is 5.97 Å². The molecular weight excluding hydrogens is 444 g/mol. The molecule has 0 spiro atoms. The van der Waals surface area contributed by atoms with Gasteiger partial charge in [0.15, 0.2) is 0 Å². The van der Waals surface area contributed by atoms with Crippen LogP contribution in [0.2, 0.25) is 0 Å². The van der Waals surface area contributed by atoms with Crippen LogP contribution in [-0.4, -0.2) is 22.0 Å². The zero-order chi connectivity index (χ0) is 24.6. The Hall–Kier alpha value is -4.65. The molecule has 2 N–H and O–H groups in total. The number of hydrogen-bond acceptors (Lipinski definition) is 5. The first-order chi connectivity index (χ1) is 17.0. The van der Waals surface area contributed by atoms with E-state index in [-0.39, 0.29) is 17.9 Å². The Labute approximate surface area is 203 Å². The number of amides is 1. The molecule has 0 fully saturated rings. The van der Waals surface area contributed by atoms with Gasteiger partial charge >= 0.3 is 5.97 Å². The van der Waals surface area contributed by atoms with E-state index in [1.807, 2.05) is 42.5 Å².